The van der Waals surface area contributed by atoms with Crippen LogP contribution in [0.1, 0.15) is 41.7 Å². The van der Waals surface area contributed by atoms with Crippen LogP contribution in [0.4, 0.5) is 5.69 Å². The first kappa shape index (κ1) is 23.2. The van der Waals surface area contributed by atoms with E-state index in [0.717, 1.165) is 57.7 Å². The number of nitriles is 1. The van der Waals surface area contributed by atoms with Gasteiger partial charge in [-0.15, -0.1) is 11.3 Å². The van der Waals surface area contributed by atoms with Crippen LogP contribution in [0.15, 0.2) is 60.2 Å². The maximum absolute atomic E-state index is 9.20. The molecule has 0 N–H and O–H groups in total. The van der Waals surface area contributed by atoms with E-state index in [4.69, 9.17) is 4.74 Å². The van der Waals surface area contributed by atoms with E-state index >= 15 is 0 Å². The van der Waals surface area contributed by atoms with Crippen LogP contribution in [-0.4, -0.2) is 53.5 Å². The van der Waals surface area contributed by atoms with Crippen molar-refractivity contribution >= 4 is 27.1 Å². The summed E-state index contributed by atoms with van der Waals surface area (Å²) in [5, 5.41) is 17.1. The monoisotopic (exact) mass is 497 g/mol. The molecule has 1 saturated heterocycles. The van der Waals surface area contributed by atoms with Crippen molar-refractivity contribution in [1.29, 1.82) is 5.26 Å². The standard InChI is InChI=1S/C29H31N5OS/c1-21-18-33(27-20-36-29-16-22(17-30)3-6-26(27)29)13-12-32(21)11-7-28-25-5-4-23(15-24(25)8-14-35-28)19-34-10-2-9-31-34/h2-6,9-10,15-16,20-21,28H,7-8,11-14,18-19H2,1H3/t21-,28+/m1/s1. The Balaban J connectivity index is 1.08. The van der Waals surface area contributed by atoms with E-state index in [2.05, 4.69) is 57.5 Å². The minimum Gasteiger partial charge on any atom is -0.373 e. The molecule has 7 heteroatoms. The van der Waals surface area contributed by atoms with Crippen LogP contribution in [-0.2, 0) is 17.7 Å². The second-order valence-electron chi connectivity index (χ2n) is 9.91. The van der Waals surface area contributed by atoms with Gasteiger partial charge in [-0.2, -0.15) is 10.4 Å². The van der Waals surface area contributed by atoms with Gasteiger partial charge in [-0.3, -0.25) is 9.58 Å². The largest absolute Gasteiger partial charge is 0.373 e. The first-order valence-corrected chi connectivity index (χ1v) is 13.7. The lowest BCUT2D eigenvalue weighted by Gasteiger charge is -2.41. The smallest absolute Gasteiger partial charge is 0.0992 e. The topological polar surface area (TPSA) is 57.3 Å². The third-order valence-corrected chi connectivity index (χ3v) is 8.55. The Morgan fingerprint density at radius 1 is 1.19 bits per heavy atom. The van der Waals surface area contributed by atoms with Gasteiger partial charge in [-0.1, -0.05) is 24.3 Å². The molecule has 0 unspecified atom stereocenters. The fourth-order valence-electron chi connectivity index (χ4n) is 5.67. The van der Waals surface area contributed by atoms with Gasteiger partial charge in [-0.05, 0) is 54.7 Å². The zero-order valence-corrected chi connectivity index (χ0v) is 21.5. The van der Waals surface area contributed by atoms with E-state index in [-0.39, 0.29) is 6.10 Å². The molecule has 0 bridgehead atoms. The molecule has 0 aliphatic carbocycles. The van der Waals surface area contributed by atoms with Gasteiger partial charge in [0, 0.05) is 60.1 Å². The van der Waals surface area contributed by atoms with E-state index in [1.807, 2.05) is 35.3 Å². The SMILES string of the molecule is C[C@@H]1CN(c2csc3cc(C#N)ccc23)CCN1CC[C@@H]1OCCc2cc(Cn3cccn3)ccc21. The summed E-state index contributed by atoms with van der Waals surface area (Å²) in [6.07, 6.45) is 6.02. The van der Waals surface area contributed by atoms with Gasteiger partial charge < -0.3 is 9.64 Å². The van der Waals surface area contributed by atoms with Gasteiger partial charge in [0.25, 0.3) is 0 Å². The van der Waals surface area contributed by atoms with Crippen LogP contribution in [0.25, 0.3) is 10.1 Å². The predicted molar refractivity (Wildman–Crippen MR) is 145 cm³/mol. The van der Waals surface area contributed by atoms with Crippen molar-refractivity contribution in [2.24, 2.45) is 0 Å². The molecule has 36 heavy (non-hydrogen) atoms. The summed E-state index contributed by atoms with van der Waals surface area (Å²) in [6, 6.07) is 17.6. The molecular weight excluding hydrogens is 466 g/mol. The van der Waals surface area contributed by atoms with Crippen LogP contribution in [0.5, 0.6) is 0 Å². The Morgan fingerprint density at radius 2 is 2.14 bits per heavy atom. The van der Waals surface area contributed by atoms with Gasteiger partial charge >= 0.3 is 0 Å². The number of anilines is 1. The summed E-state index contributed by atoms with van der Waals surface area (Å²) in [6.45, 7) is 8.09. The minimum atomic E-state index is 0.174. The third-order valence-electron chi connectivity index (χ3n) is 7.62. The molecule has 2 aliphatic heterocycles. The molecule has 0 radical (unpaired) electrons. The van der Waals surface area contributed by atoms with Gasteiger partial charge in [0.05, 0.1) is 36.6 Å². The molecule has 0 spiro atoms. The van der Waals surface area contributed by atoms with Crippen molar-refractivity contribution in [3.05, 3.63) is 82.5 Å². The molecule has 2 aromatic carbocycles. The van der Waals surface area contributed by atoms with E-state index in [1.54, 1.807) is 11.3 Å². The second kappa shape index (κ2) is 10.1. The van der Waals surface area contributed by atoms with Crippen LogP contribution in [0.2, 0.25) is 0 Å². The van der Waals surface area contributed by atoms with Crippen molar-refractivity contribution < 1.29 is 4.74 Å². The number of rotatable bonds is 6. The Morgan fingerprint density at radius 3 is 2.97 bits per heavy atom. The molecule has 0 saturated carbocycles. The van der Waals surface area contributed by atoms with Crippen LogP contribution >= 0.6 is 11.3 Å². The lowest BCUT2D eigenvalue weighted by molar-refractivity contribution is 0.0255. The van der Waals surface area contributed by atoms with E-state index in [1.165, 1.54) is 32.5 Å². The number of benzene rings is 2. The highest BCUT2D eigenvalue weighted by Crippen LogP contribution is 2.35. The fraction of sp³-hybridized carbons (Fsp3) is 0.379. The van der Waals surface area contributed by atoms with Crippen molar-refractivity contribution in [1.82, 2.24) is 14.7 Å². The zero-order valence-electron chi connectivity index (χ0n) is 20.6. The number of ether oxygens (including phenoxy) is 1. The van der Waals surface area contributed by atoms with E-state index in [9.17, 15) is 5.26 Å². The fourth-order valence-corrected chi connectivity index (χ4v) is 6.68. The molecule has 0 amide bonds. The summed E-state index contributed by atoms with van der Waals surface area (Å²) < 4.78 is 9.42. The lowest BCUT2D eigenvalue weighted by Crippen LogP contribution is -2.52. The average Bonchev–Trinajstić information content (AvgIpc) is 3.57. The highest BCUT2D eigenvalue weighted by Gasteiger charge is 2.27. The summed E-state index contributed by atoms with van der Waals surface area (Å²) in [5.74, 6) is 0. The minimum absolute atomic E-state index is 0.174. The van der Waals surface area contributed by atoms with Crippen molar-refractivity contribution in [2.75, 3.05) is 37.7 Å². The quantitative estimate of drug-likeness (QED) is 0.365. The zero-order chi connectivity index (χ0) is 24.5. The number of nitrogens with zero attached hydrogens (tertiary/aromatic N) is 5. The number of fused-ring (bicyclic) bond motifs is 2. The molecule has 4 heterocycles. The van der Waals surface area contributed by atoms with Gasteiger partial charge in [0.2, 0.25) is 0 Å². The van der Waals surface area contributed by atoms with E-state index in [0.29, 0.717) is 6.04 Å². The van der Waals surface area contributed by atoms with Gasteiger partial charge in [0.1, 0.15) is 0 Å². The molecule has 6 rings (SSSR count). The Bertz CT molecular complexity index is 1390. The van der Waals surface area contributed by atoms with Gasteiger partial charge in [-0.25, -0.2) is 0 Å². The molecule has 4 aromatic rings. The molecule has 2 aromatic heterocycles. The highest BCUT2D eigenvalue weighted by atomic mass is 32.1. The number of hydrogen-bond donors (Lipinski definition) is 0. The predicted octanol–water partition coefficient (Wildman–Crippen LogP) is 5.23. The Hall–Kier alpha value is -3.18. The van der Waals surface area contributed by atoms with Crippen molar-refractivity contribution in [2.45, 2.75) is 38.5 Å². The highest BCUT2D eigenvalue weighted by molar-refractivity contribution is 7.17. The van der Waals surface area contributed by atoms with Crippen molar-refractivity contribution in [3.8, 4) is 6.07 Å². The first-order valence-electron chi connectivity index (χ1n) is 12.8. The Labute approximate surface area is 216 Å². The van der Waals surface area contributed by atoms with Crippen LogP contribution in [0, 0.1) is 11.3 Å². The maximum atomic E-state index is 9.20. The summed E-state index contributed by atoms with van der Waals surface area (Å²) in [5.41, 5.74) is 6.12. The van der Waals surface area contributed by atoms with Crippen molar-refractivity contribution in [3.63, 3.8) is 0 Å². The number of piperazine rings is 1. The maximum Gasteiger partial charge on any atom is 0.0992 e. The molecule has 2 atom stereocenters. The molecule has 6 nitrogen and oxygen atoms in total. The normalized spacial score (nSPS) is 20.4. The third kappa shape index (κ3) is 4.64. The summed E-state index contributed by atoms with van der Waals surface area (Å²) in [4.78, 5) is 5.13. The second-order valence-corrected chi connectivity index (χ2v) is 10.8. The Kier molecular flexibility index (Phi) is 6.49. The van der Waals surface area contributed by atoms with Gasteiger partial charge in [0.15, 0.2) is 0 Å². The molecule has 1 fully saturated rings. The van der Waals surface area contributed by atoms with Crippen LogP contribution < -0.4 is 4.90 Å². The first-order chi connectivity index (χ1) is 17.7. The molecule has 184 valence electrons. The number of aromatic nitrogens is 2. The summed E-state index contributed by atoms with van der Waals surface area (Å²) >= 11 is 1.74. The number of hydrogen-bond acceptors (Lipinski definition) is 6. The van der Waals surface area contributed by atoms with E-state index < -0.39 is 0 Å². The lowest BCUT2D eigenvalue weighted by atomic mass is 9.93. The van der Waals surface area contributed by atoms with Crippen LogP contribution in [0.3, 0.4) is 0 Å². The number of thiophene rings is 1. The average molecular weight is 498 g/mol. The summed E-state index contributed by atoms with van der Waals surface area (Å²) in [7, 11) is 0. The molecule has 2 aliphatic rings. The molecular formula is C29H31N5OS.